The average molecular weight is 376 g/mol. The quantitative estimate of drug-likeness (QED) is 0.787. The van der Waals surface area contributed by atoms with Crippen molar-refractivity contribution in [2.24, 2.45) is 0 Å². The lowest BCUT2D eigenvalue weighted by Crippen LogP contribution is -2.28. The van der Waals surface area contributed by atoms with Crippen LogP contribution in [0, 0.1) is 6.92 Å². The summed E-state index contributed by atoms with van der Waals surface area (Å²) in [6.07, 6.45) is 2.06. The van der Waals surface area contributed by atoms with E-state index in [1.807, 2.05) is 12.1 Å². The Morgan fingerprint density at radius 3 is 2.95 bits per heavy atom. The first-order valence-corrected chi connectivity index (χ1v) is 9.17. The van der Waals surface area contributed by atoms with Gasteiger partial charge in [-0.15, -0.1) is 11.8 Å². The maximum absolute atomic E-state index is 12.2. The van der Waals surface area contributed by atoms with Crippen LogP contribution in [0.25, 0.3) is 0 Å². The molecule has 1 N–H and O–H groups in total. The second kappa shape index (κ2) is 6.88. The molecule has 114 valence electrons. The van der Waals surface area contributed by atoms with Gasteiger partial charge in [0.05, 0.1) is 11.8 Å². The fraction of sp³-hybridized carbons (Fsp3) is 0.278. The molecule has 0 spiro atoms. The van der Waals surface area contributed by atoms with Crippen LogP contribution < -0.4 is 5.32 Å². The third-order valence-corrected chi connectivity index (χ3v) is 5.63. The highest BCUT2D eigenvalue weighted by molar-refractivity contribution is 9.10. The van der Waals surface area contributed by atoms with Gasteiger partial charge in [-0.25, -0.2) is 0 Å². The van der Waals surface area contributed by atoms with Crippen LogP contribution in [0.15, 0.2) is 51.8 Å². The van der Waals surface area contributed by atoms with Crippen molar-refractivity contribution >= 4 is 33.6 Å². The zero-order valence-corrected chi connectivity index (χ0v) is 14.8. The number of thioether (sulfide) groups is 1. The van der Waals surface area contributed by atoms with Gasteiger partial charge in [-0.2, -0.15) is 0 Å². The second-order valence-corrected chi connectivity index (χ2v) is 7.49. The van der Waals surface area contributed by atoms with Crippen LogP contribution >= 0.6 is 27.7 Å². The van der Waals surface area contributed by atoms with E-state index in [2.05, 4.69) is 58.5 Å². The van der Waals surface area contributed by atoms with Crippen LogP contribution in [0.3, 0.4) is 0 Å². The van der Waals surface area contributed by atoms with Crippen molar-refractivity contribution < 1.29 is 4.79 Å². The van der Waals surface area contributed by atoms with E-state index in [1.165, 1.54) is 16.7 Å². The zero-order valence-electron chi connectivity index (χ0n) is 12.4. The molecule has 0 aromatic heterocycles. The van der Waals surface area contributed by atoms with Gasteiger partial charge >= 0.3 is 0 Å². The second-order valence-electron chi connectivity index (χ2n) is 5.56. The first kappa shape index (κ1) is 15.6. The van der Waals surface area contributed by atoms with Gasteiger partial charge in [0, 0.05) is 9.37 Å². The minimum Gasteiger partial charge on any atom is -0.349 e. The summed E-state index contributed by atoms with van der Waals surface area (Å²) in [7, 11) is 0. The van der Waals surface area contributed by atoms with E-state index in [0.29, 0.717) is 5.75 Å². The topological polar surface area (TPSA) is 29.1 Å². The Hall–Kier alpha value is -1.26. The van der Waals surface area contributed by atoms with Crippen molar-refractivity contribution in [3.63, 3.8) is 0 Å². The summed E-state index contributed by atoms with van der Waals surface area (Å²) in [5, 5.41) is 3.17. The number of amides is 1. The summed E-state index contributed by atoms with van der Waals surface area (Å²) >= 11 is 5.06. The molecule has 22 heavy (non-hydrogen) atoms. The van der Waals surface area contributed by atoms with Gasteiger partial charge in [-0.3, -0.25) is 4.79 Å². The summed E-state index contributed by atoms with van der Waals surface area (Å²) in [4.78, 5) is 13.4. The normalized spacial score (nSPS) is 16.4. The minimum atomic E-state index is 0.106. The Bertz CT molecular complexity index is 701. The fourth-order valence-electron chi connectivity index (χ4n) is 2.86. The first-order chi connectivity index (χ1) is 10.6. The molecule has 0 bridgehead atoms. The predicted molar refractivity (Wildman–Crippen MR) is 95.2 cm³/mol. The number of nitrogens with one attached hydrogen (secondary N) is 1. The molecule has 0 saturated carbocycles. The number of carbonyl (C=O) groups excluding carboxylic acids is 1. The molecule has 1 amide bonds. The summed E-state index contributed by atoms with van der Waals surface area (Å²) in [5.74, 6) is 0.565. The number of fused-ring (bicyclic) bond motifs is 1. The molecular weight excluding hydrogens is 358 g/mol. The standard InChI is InChI=1S/C18H18BrNOS/c1-12-10-14(19)7-9-17(12)22-11-18(21)20-16-8-6-13-4-2-3-5-15(13)16/h2-5,7,9-10,16H,6,8,11H2,1H3,(H,20,21)/t16-/m0/s1. The van der Waals surface area contributed by atoms with Gasteiger partial charge in [-0.05, 0) is 54.7 Å². The number of rotatable bonds is 4. The van der Waals surface area contributed by atoms with Crippen molar-refractivity contribution in [2.75, 3.05) is 5.75 Å². The largest absolute Gasteiger partial charge is 0.349 e. The van der Waals surface area contributed by atoms with Crippen LogP contribution in [0.1, 0.15) is 29.2 Å². The zero-order chi connectivity index (χ0) is 15.5. The van der Waals surface area contributed by atoms with Crippen LogP contribution in [0.5, 0.6) is 0 Å². The monoisotopic (exact) mass is 375 g/mol. The van der Waals surface area contributed by atoms with Crippen molar-refractivity contribution in [1.82, 2.24) is 5.32 Å². The van der Waals surface area contributed by atoms with E-state index in [0.717, 1.165) is 22.2 Å². The highest BCUT2D eigenvalue weighted by Crippen LogP contribution is 2.31. The highest BCUT2D eigenvalue weighted by Gasteiger charge is 2.23. The van der Waals surface area contributed by atoms with Gasteiger partial charge < -0.3 is 5.32 Å². The number of halogens is 1. The Labute approximate surface area is 143 Å². The maximum atomic E-state index is 12.2. The first-order valence-electron chi connectivity index (χ1n) is 7.39. The van der Waals surface area contributed by atoms with E-state index in [9.17, 15) is 4.79 Å². The molecule has 0 unspecified atom stereocenters. The van der Waals surface area contributed by atoms with Gasteiger partial charge in [0.2, 0.25) is 5.91 Å². The predicted octanol–water partition coefficient (Wildman–Crippen LogP) is 4.65. The highest BCUT2D eigenvalue weighted by atomic mass is 79.9. The van der Waals surface area contributed by atoms with Crippen molar-refractivity contribution in [2.45, 2.75) is 30.7 Å². The van der Waals surface area contributed by atoms with Gasteiger partial charge in [0.15, 0.2) is 0 Å². The third kappa shape index (κ3) is 3.55. The molecule has 4 heteroatoms. The Morgan fingerprint density at radius 2 is 2.14 bits per heavy atom. The lowest BCUT2D eigenvalue weighted by atomic mass is 10.1. The summed E-state index contributed by atoms with van der Waals surface area (Å²) in [5.41, 5.74) is 3.84. The Kier molecular flexibility index (Phi) is 4.89. The molecule has 0 radical (unpaired) electrons. The molecule has 0 fully saturated rings. The van der Waals surface area contributed by atoms with Gasteiger partial charge in [-0.1, -0.05) is 40.2 Å². The van der Waals surface area contributed by atoms with Crippen LogP contribution in [0.4, 0.5) is 0 Å². The molecule has 0 heterocycles. The molecule has 2 aromatic carbocycles. The van der Waals surface area contributed by atoms with E-state index in [4.69, 9.17) is 0 Å². The van der Waals surface area contributed by atoms with Crippen molar-refractivity contribution in [3.05, 3.63) is 63.6 Å². The van der Waals surface area contributed by atoms with E-state index >= 15 is 0 Å². The van der Waals surface area contributed by atoms with Gasteiger partial charge in [0.1, 0.15) is 0 Å². The lowest BCUT2D eigenvalue weighted by molar-refractivity contribution is -0.119. The molecule has 1 atom stereocenters. The molecule has 2 aromatic rings. The molecule has 1 aliphatic carbocycles. The van der Waals surface area contributed by atoms with E-state index in [1.54, 1.807) is 11.8 Å². The van der Waals surface area contributed by atoms with Crippen LogP contribution in [0.2, 0.25) is 0 Å². The number of carbonyl (C=O) groups is 1. The number of benzene rings is 2. The maximum Gasteiger partial charge on any atom is 0.230 e. The number of aryl methyl sites for hydroxylation is 2. The Morgan fingerprint density at radius 1 is 1.32 bits per heavy atom. The Balaban J connectivity index is 1.57. The molecule has 0 saturated heterocycles. The van der Waals surface area contributed by atoms with E-state index in [-0.39, 0.29) is 11.9 Å². The SMILES string of the molecule is Cc1cc(Br)ccc1SCC(=O)N[C@H]1CCc2ccccc21. The molecule has 0 aliphatic heterocycles. The number of hydrogen-bond acceptors (Lipinski definition) is 2. The molecule has 1 aliphatic rings. The summed E-state index contributed by atoms with van der Waals surface area (Å²) in [6, 6.07) is 14.7. The summed E-state index contributed by atoms with van der Waals surface area (Å²) in [6.45, 7) is 2.07. The smallest absolute Gasteiger partial charge is 0.230 e. The average Bonchev–Trinajstić information content (AvgIpc) is 2.90. The lowest BCUT2D eigenvalue weighted by Gasteiger charge is -2.14. The van der Waals surface area contributed by atoms with Crippen LogP contribution in [-0.2, 0) is 11.2 Å². The van der Waals surface area contributed by atoms with Gasteiger partial charge in [0.25, 0.3) is 0 Å². The minimum absolute atomic E-state index is 0.106. The molecular formula is C18H18BrNOS. The van der Waals surface area contributed by atoms with E-state index < -0.39 is 0 Å². The van der Waals surface area contributed by atoms with Crippen LogP contribution in [-0.4, -0.2) is 11.7 Å². The number of hydrogen-bond donors (Lipinski definition) is 1. The van der Waals surface area contributed by atoms with Crippen molar-refractivity contribution in [3.8, 4) is 0 Å². The van der Waals surface area contributed by atoms with Crippen molar-refractivity contribution in [1.29, 1.82) is 0 Å². The molecule has 3 rings (SSSR count). The molecule has 2 nitrogen and oxygen atoms in total. The fourth-order valence-corrected chi connectivity index (χ4v) is 4.16. The third-order valence-electron chi connectivity index (χ3n) is 3.96. The summed E-state index contributed by atoms with van der Waals surface area (Å²) < 4.78 is 1.07.